The van der Waals surface area contributed by atoms with E-state index in [1.807, 2.05) is 18.2 Å². The Hall–Kier alpha value is -1.48. The summed E-state index contributed by atoms with van der Waals surface area (Å²) >= 11 is 1.55. The second kappa shape index (κ2) is 5.03. The van der Waals surface area contributed by atoms with Crippen molar-refractivity contribution in [2.45, 2.75) is 10.6 Å². The third kappa shape index (κ3) is 2.76. The largest absolute Gasteiger partial charge is 0.508 e. The fourth-order valence-electron chi connectivity index (χ4n) is 1.32. The molecule has 0 spiro atoms. The molecule has 0 fully saturated rings. The molecule has 3 heteroatoms. The third-order valence-electron chi connectivity index (χ3n) is 2.19. The normalized spacial score (nSPS) is 10.3. The van der Waals surface area contributed by atoms with Crippen LogP contribution in [0.5, 0.6) is 5.75 Å². The molecule has 0 aliphatic rings. The summed E-state index contributed by atoms with van der Waals surface area (Å²) in [5, 5.41) is 9.12. The zero-order chi connectivity index (χ0) is 11.4. The maximum absolute atomic E-state index is 13.3. The van der Waals surface area contributed by atoms with Crippen LogP contribution in [0, 0.1) is 5.82 Å². The van der Waals surface area contributed by atoms with Gasteiger partial charge in [0, 0.05) is 10.6 Å². The van der Waals surface area contributed by atoms with Crippen LogP contribution >= 0.6 is 11.8 Å². The molecule has 0 unspecified atom stereocenters. The second-order valence-electron chi connectivity index (χ2n) is 3.37. The first-order valence-corrected chi connectivity index (χ1v) is 5.89. The molecule has 0 amide bonds. The van der Waals surface area contributed by atoms with Crippen molar-refractivity contribution in [3.63, 3.8) is 0 Å². The van der Waals surface area contributed by atoms with Crippen LogP contribution in [0.3, 0.4) is 0 Å². The van der Waals surface area contributed by atoms with Gasteiger partial charge in [-0.2, -0.15) is 0 Å². The second-order valence-corrected chi connectivity index (χ2v) is 4.42. The lowest BCUT2D eigenvalue weighted by molar-refractivity contribution is 0.475. The summed E-state index contributed by atoms with van der Waals surface area (Å²) in [5.74, 6) is 0.668. The molecule has 0 saturated carbocycles. The topological polar surface area (TPSA) is 20.2 Å². The van der Waals surface area contributed by atoms with E-state index in [9.17, 15) is 4.39 Å². The molecule has 0 saturated heterocycles. The van der Waals surface area contributed by atoms with E-state index >= 15 is 0 Å². The highest BCUT2D eigenvalue weighted by Gasteiger charge is 2.01. The summed E-state index contributed by atoms with van der Waals surface area (Å²) in [4.78, 5) is 1.01. The van der Waals surface area contributed by atoms with Crippen molar-refractivity contribution in [1.82, 2.24) is 0 Å². The van der Waals surface area contributed by atoms with Crippen LogP contribution < -0.4 is 0 Å². The fraction of sp³-hybridized carbons (Fsp3) is 0.0769. The molecule has 1 N–H and O–H groups in total. The molecule has 2 aromatic carbocycles. The Kier molecular flexibility index (Phi) is 3.47. The standard InChI is InChI=1S/C13H11FOS/c14-13-4-2-1-3-10(13)9-16-12-7-5-11(15)6-8-12/h1-8,15H,9H2. The minimum Gasteiger partial charge on any atom is -0.508 e. The van der Waals surface area contributed by atoms with Crippen LogP contribution in [0.15, 0.2) is 53.4 Å². The number of thioether (sulfide) groups is 1. The number of rotatable bonds is 3. The predicted molar refractivity (Wildman–Crippen MR) is 64.1 cm³/mol. The number of phenols is 1. The van der Waals surface area contributed by atoms with Gasteiger partial charge in [0.15, 0.2) is 0 Å². The molecule has 16 heavy (non-hydrogen) atoms. The maximum Gasteiger partial charge on any atom is 0.127 e. The molecular weight excluding hydrogens is 223 g/mol. The van der Waals surface area contributed by atoms with E-state index in [1.54, 1.807) is 36.0 Å². The lowest BCUT2D eigenvalue weighted by Gasteiger charge is -2.03. The first-order chi connectivity index (χ1) is 7.75. The van der Waals surface area contributed by atoms with E-state index in [2.05, 4.69) is 0 Å². The predicted octanol–water partition coefficient (Wildman–Crippen LogP) is 3.82. The van der Waals surface area contributed by atoms with Crippen molar-refractivity contribution < 1.29 is 9.50 Å². The van der Waals surface area contributed by atoms with Crippen LogP contribution in [0.25, 0.3) is 0 Å². The van der Waals surface area contributed by atoms with Crippen molar-refractivity contribution in [2.24, 2.45) is 0 Å². The lowest BCUT2D eigenvalue weighted by Crippen LogP contribution is -1.85. The zero-order valence-electron chi connectivity index (χ0n) is 8.56. The Morgan fingerprint density at radius 1 is 1.00 bits per heavy atom. The highest BCUT2D eigenvalue weighted by molar-refractivity contribution is 7.98. The number of hydrogen-bond donors (Lipinski definition) is 1. The van der Waals surface area contributed by atoms with Gasteiger partial charge in [-0.25, -0.2) is 4.39 Å². The van der Waals surface area contributed by atoms with Gasteiger partial charge in [0.2, 0.25) is 0 Å². The minimum absolute atomic E-state index is 0.172. The highest BCUT2D eigenvalue weighted by Crippen LogP contribution is 2.25. The summed E-state index contributed by atoms with van der Waals surface area (Å²) in [6.45, 7) is 0. The number of phenolic OH excluding ortho intramolecular Hbond substituents is 1. The molecule has 0 bridgehead atoms. The number of halogens is 1. The molecule has 1 nitrogen and oxygen atoms in total. The van der Waals surface area contributed by atoms with Gasteiger partial charge in [0.1, 0.15) is 11.6 Å². The minimum atomic E-state index is -0.172. The number of hydrogen-bond acceptors (Lipinski definition) is 2. The average Bonchev–Trinajstić information content (AvgIpc) is 2.30. The van der Waals surface area contributed by atoms with Crippen molar-refractivity contribution in [3.8, 4) is 5.75 Å². The first kappa shape index (κ1) is 11.0. The Morgan fingerprint density at radius 2 is 1.69 bits per heavy atom. The summed E-state index contributed by atoms with van der Waals surface area (Å²) in [7, 11) is 0. The van der Waals surface area contributed by atoms with Gasteiger partial charge in [-0.3, -0.25) is 0 Å². The van der Waals surface area contributed by atoms with Crippen LogP contribution in [-0.2, 0) is 5.75 Å². The van der Waals surface area contributed by atoms with Crippen LogP contribution in [-0.4, -0.2) is 5.11 Å². The summed E-state index contributed by atoms with van der Waals surface area (Å²) in [6, 6.07) is 13.7. The van der Waals surface area contributed by atoms with Crippen molar-refractivity contribution in [3.05, 3.63) is 59.9 Å². The van der Waals surface area contributed by atoms with Gasteiger partial charge in [0.05, 0.1) is 0 Å². The Labute approximate surface area is 97.9 Å². The van der Waals surface area contributed by atoms with Crippen LogP contribution in [0.2, 0.25) is 0 Å². The zero-order valence-corrected chi connectivity index (χ0v) is 9.38. The van der Waals surface area contributed by atoms with Gasteiger partial charge >= 0.3 is 0 Å². The summed E-state index contributed by atoms with van der Waals surface area (Å²) < 4.78 is 13.3. The maximum atomic E-state index is 13.3. The quantitative estimate of drug-likeness (QED) is 0.815. The smallest absolute Gasteiger partial charge is 0.127 e. The van der Waals surface area contributed by atoms with E-state index in [4.69, 9.17) is 5.11 Å². The van der Waals surface area contributed by atoms with Crippen LogP contribution in [0.4, 0.5) is 4.39 Å². The molecule has 0 atom stereocenters. The summed E-state index contributed by atoms with van der Waals surface area (Å²) in [6.07, 6.45) is 0. The average molecular weight is 234 g/mol. The van der Waals surface area contributed by atoms with Crippen LogP contribution in [0.1, 0.15) is 5.56 Å². The Morgan fingerprint density at radius 3 is 2.38 bits per heavy atom. The van der Waals surface area contributed by atoms with E-state index in [1.165, 1.54) is 6.07 Å². The Bertz CT molecular complexity index is 468. The van der Waals surface area contributed by atoms with Crippen molar-refractivity contribution in [1.29, 1.82) is 0 Å². The molecule has 82 valence electrons. The van der Waals surface area contributed by atoms with Crippen molar-refractivity contribution >= 4 is 11.8 Å². The molecule has 2 aromatic rings. The number of benzene rings is 2. The molecule has 0 aromatic heterocycles. The Balaban J connectivity index is 2.02. The molecule has 2 rings (SSSR count). The third-order valence-corrected chi connectivity index (χ3v) is 3.25. The molecule has 0 aliphatic carbocycles. The first-order valence-electron chi connectivity index (χ1n) is 4.91. The van der Waals surface area contributed by atoms with Gasteiger partial charge < -0.3 is 5.11 Å². The van der Waals surface area contributed by atoms with Crippen molar-refractivity contribution in [2.75, 3.05) is 0 Å². The van der Waals surface area contributed by atoms with Gasteiger partial charge in [0.25, 0.3) is 0 Å². The SMILES string of the molecule is Oc1ccc(SCc2ccccc2F)cc1. The monoisotopic (exact) mass is 234 g/mol. The van der Waals surface area contributed by atoms with Gasteiger partial charge in [-0.15, -0.1) is 11.8 Å². The van der Waals surface area contributed by atoms with Gasteiger partial charge in [-0.05, 0) is 35.9 Å². The molecular formula is C13H11FOS. The van der Waals surface area contributed by atoms with E-state index < -0.39 is 0 Å². The number of aromatic hydroxyl groups is 1. The molecule has 0 aliphatic heterocycles. The molecule has 0 heterocycles. The molecule has 0 radical (unpaired) electrons. The van der Waals surface area contributed by atoms with E-state index in [-0.39, 0.29) is 11.6 Å². The van der Waals surface area contributed by atoms with E-state index in [0.29, 0.717) is 11.3 Å². The highest BCUT2D eigenvalue weighted by atomic mass is 32.2. The van der Waals surface area contributed by atoms with Gasteiger partial charge in [-0.1, -0.05) is 18.2 Å². The lowest BCUT2D eigenvalue weighted by atomic mass is 10.2. The summed E-state index contributed by atoms with van der Waals surface area (Å²) in [5.41, 5.74) is 0.695. The van der Waals surface area contributed by atoms with E-state index in [0.717, 1.165) is 4.90 Å². The fourth-order valence-corrected chi connectivity index (χ4v) is 2.20.